The van der Waals surface area contributed by atoms with Crippen molar-refractivity contribution < 1.29 is 19.8 Å². The van der Waals surface area contributed by atoms with Gasteiger partial charge in [0.1, 0.15) is 0 Å². The van der Waals surface area contributed by atoms with Crippen molar-refractivity contribution >= 4 is 98.6 Å². The first-order valence-electron chi connectivity index (χ1n) is 18.0. The Balaban J connectivity index is -0.000000328. The first-order valence-corrected chi connectivity index (χ1v) is 18.0. The maximum atomic E-state index is 10.3. The fourth-order valence-corrected chi connectivity index (χ4v) is 5.30. The molecule has 6 heteroatoms. The molecule has 0 aliphatic carbocycles. The zero-order valence-corrected chi connectivity index (χ0v) is 27.3. The first-order chi connectivity index (χ1) is 19.5. The third-order valence-corrected chi connectivity index (χ3v) is 7.99. The normalized spacial score (nSPS) is 10.3. The van der Waals surface area contributed by atoms with E-state index in [1.807, 2.05) is 0 Å². The Morgan fingerprint density at radius 3 is 0.619 bits per heavy atom. The number of hydrogen-bond acceptors (Lipinski definition) is 2. The molecule has 0 aliphatic heterocycles. The fourth-order valence-electron chi connectivity index (χ4n) is 5.30. The third-order valence-electron chi connectivity index (χ3n) is 7.99. The summed E-state index contributed by atoms with van der Waals surface area (Å²) >= 11 is 0. The van der Waals surface area contributed by atoms with Crippen molar-refractivity contribution in [2.24, 2.45) is 0 Å². The van der Waals surface area contributed by atoms with Crippen molar-refractivity contribution in [1.82, 2.24) is 0 Å². The molecule has 42 heavy (non-hydrogen) atoms. The molecule has 0 spiro atoms. The molecule has 0 rings (SSSR count). The average molecular weight is 750 g/mol. The zero-order chi connectivity index (χ0) is 29.8. The van der Waals surface area contributed by atoms with Crippen LogP contribution in [0.15, 0.2) is 0 Å². The molecule has 0 aromatic heterocycles. The van der Waals surface area contributed by atoms with Gasteiger partial charge in [0.2, 0.25) is 0 Å². The van der Waals surface area contributed by atoms with E-state index >= 15 is 0 Å². The van der Waals surface area contributed by atoms with Crippen LogP contribution in [0.1, 0.15) is 219 Å². The van der Waals surface area contributed by atoms with E-state index in [4.69, 9.17) is 10.2 Å². The van der Waals surface area contributed by atoms with Gasteiger partial charge in [-0.3, -0.25) is 9.59 Å². The average Bonchev–Trinajstić information content (AvgIpc) is 2.93. The number of carbonyl (C=O) groups is 2. The van der Waals surface area contributed by atoms with Crippen LogP contribution in [0, 0.1) is 0 Å². The molecule has 0 bridgehead atoms. The van der Waals surface area contributed by atoms with E-state index in [9.17, 15) is 9.59 Å². The molecule has 0 aromatic rings. The van der Waals surface area contributed by atoms with Crippen LogP contribution in [0.3, 0.4) is 0 Å². The van der Waals surface area contributed by atoms with E-state index in [1.54, 1.807) is 0 Å². The first kappa shape index (κ1) is 50.6. The minimum atomic E-state index is -0.653. The summed E-state index contributed by atoms with van der Waals surface area (Å²) in [7, 11) is 0. The molecule has 4 nitrogen and oxygen atoms in total. The van der Waals surface area contributed by atoms with Crippen molar-refractivity contribution in [2.45, 2.75) is 219 Å². The van der Waals surface area contributed by atoms with Gasteiger partial charge < -0.3 is 10.2 Å². The summed E-state index contributed by atoms with van der Waals surface area (Å²) in [5, 5.41) is 17.0. The molecule has 0 fully saturated rings. The second-order valence-corrected chi connectivity index (χ2v) is 12.2. The molecule has 0 saturated heterocycles. The van der Waals surface area contributed by atoms with E-state index < -0.39 is 11.9 Å². The molecular weight excluding hydrogens is 674 g/mol. The number of carboxylic acids is 2. The van der Waals surface area contributed by atoms with Crippen LogP contribution in [0.2, 0.25) is 0 Å². The molecule has 0 amide bonds. The van der Waals surface area contributed by atoms with Crippen molar-refractivity contribution in [3.05, 3.63) is 0 Å². The molecule has 0 aromatic carbocycles. The third kappa shape index (κ3) is 54.3. The summed E-state index contributed by atoms with van der Waals surface area (Å²) in [6.07, 6.45) is 40.4. The monoisotopic (exact) mass is 750 g/mol. The van der Waals surface area contributed by atoms with Gasteiger partial charge >= 0.3 is 98.6 Å². The number of aliphatic carboxylic acids is 2. The van der Waals surface area contributed by atoms with Gasteiger partial charge in [-0.05, 0) is 12.8 Å². The van der Waals surface area contributed by atoms with Crippen LogP contribution < -0.4 is 0 Å². The van der Waals surface area contributed by atoms with E-state index in [0.29, 0.717) is 12.8 Å². The van der Waals surface area contributed by atoms with Crippen LogP contribution in [-0.4, -0.2) is 109 Å². The van der Waals surface area contributed by atoms with E-state index in [-0.39, 0.29) is 86.6 Å². The summed E-state index contributed by atoms with van der Waals surface area (Å²) < 4.78 is 0. The van der Waals surface area contributed by atoms with Gasteiger partial charge in [0.15, 0.2) is 0 Å². The molecular formula is C36H76BaCaO4. The van der Waals surface area contributed by atoms with Gasteiger partial charge in [0.25, 0.3) is 0 Å². The quantitative estimate of drug-likeness (QED) is 0.0530. The summed E-state index contributed by atoms with van der Waals surface area (Å²) in [5.74, 6) is -1.31. The number of unbranched alkanes of at least 4 members (excludes halogenated alkanes) is 28. The SMILES string of the molecule is CCCCCCCCCCCCCCCCCC(=O)O.CCCCCCCCCCCCCCCCCC(=O)O.[BaH2].[CaH2]. The molecule has 0 atom stereocenters. The fraction of sp³-hybridized carbons (Fsp3) is 0.944. The van der Waals surface area contributed by atoms with Crippen LogP contribution in [0.4, 0.5) is 0 Å². The Labute approximate surface area is 333 Å². The van der Waals surface area contributed by atoms with Crippen molar-refractivity contribution in [3.63, 3.8) is 0 Å². The minimum absolute atomic E-state index is 0. The van der Waals surface area contributed by atoms with Gasteiger partial charge in [-0.1, -0.05) is 194 Å². The van der Waals surface area contributed by atoms with Gasteiger partial charge in [-0.15, -0.1) is 0 Å². The summed E-state index contributed by atoms with van der Waals surface area (Å²) in [6.45, 7) is 4.54. The van der Waals surface area contributed by atoms with Crippen molar-refractivity contribution in [3.8, 4) is 0 Å². The summed E-state index contributed by atoms with van der Waals surface area (Å²) in [6, 6.07) is 0. The number of rotatable bonds is 32. The molecule has 0 unspecified atom stereocenters. The predicted molar refractivity (Wildman–Crippen MR) is 191 cm³/mol. The molecule has 0 aliphatic rings. The van der Waals surface area contributed by atoms with Gasteiger partial charge in [0.05, 0.1) is 0 Å². The van der Waals surface area contributed by atoms with E-state index in [1.165, 1.54) is 167 Å². The summed E-state index contributed by atoms with van der Waals surface area (Å²) in [5.41, 5.74) is 0. The second-order valence-electron chi connectivity index (χ2n) is 12.2. The Hall–Kier alpha value is 1.77. The molecule has 0 heterocycles. The summed E-state index contributed by atoms with van der Waals surface area (Å²) in [4.78, 5) is 20.7. The Bertz CT molecular complexity index is 461. The van der Waals surface area contributed by atoms with Gasteiger partial charge in [-0.25, -0.2) is 0 Å². The molecule has 0 radical (unpaired) electrons. The van der Waals surface area contributed by atoms with Gasteiger partial charge in [-0.2, -0.15) is 0 Å². The topological polar surface area (TPSA) is 74.6 Å². The molecule has 248 valence electrons. The van der Waals surface area contributed by atoms with E-state index in [2.05, 4.69) is 13.8 Å². The molecule has 0 saturated carbocycles. The zero-order valence-electron chi connectivity index (χ0n) is 27.3. The molecule has 2 N–H and O–H groups in total. The second kappa shape index (κ2) is 47.2. The van der Waals surface area contributed by atoms with Crippen molar-refractivity contribution in [1.29, 1.82) is 0 Å². The maximum absolute atomic E-state index is 10.3. The Kier molecular flexibility index (Phi) is 56.9. The van der Waals surface area contributed by atoms with Crippen LogP contribution in [0.5, 0.6) is 0 Å². The van der Waals surface area contributed by atoms with Gasteiger partial charge in [0, 0.05) is 12.8 Å². The van der Waals surface area contributed by atoms with Crippen LogP contribution in [-0.2, 0) is 9.59 Å². The predicted octanol–water partition coefficient (Wildman–Crippen LogP) is 10.8. The van der Waals surface area contributed by atoms with Crippen LogP contribution in [0.25, 0.3) is 0 Å². The van der Waals surface area contributed by atoms with Crippen molar-refractivity contribution in [2.75, 3.05) is 0 Å². The number of hydrogen-bond donors (Lipinski definition) is 2. The van der Waals surface area contributed by atoms with Crippen LogP contribution >= 0.6 is 0 Å². The standard InChI is InChI=1S/2C18H36O2.Ba.Ca.4H/c2*1-2-3-4-5-6-7-8-9-10-11-12-13-14-15-16-17-18(19)20;;;;;;/h2*2-17H2,1H3,(H,19,20);;;;;;. The Morgan fingerprint density at radius 2 is 0.476 bits per heavy atom. The Morgan fingerprint density at radius 1 is 0.333 bits per heavy atom. The van der Waals surface area contributed by atoms with E-state index in [0.717, 1.165) is 25.7 Å². The number of carboxylic acid groups (broad SMARTS) is 2.